The van der Waals surface area contributed by atoms with Crippen molar-refractivity contribution in [2.24, 2.45) is 0 Å². The molecule has 0 bridgehead atoms. The number of ketones is 1. The Balaban J connectivity index is 2.01. The number of Topliss-reactive ketones (excluding diaryl/α,β-unsaturated/α-hetero) is 1. The number of benzene rings is 2. The summed E-state index contributed by atoms with van der Waals surface area (Å²) in [5.74, 6) is -3.52. The zero-order valence-electron chi connectivity index (χ0n) is 17.5. The monoisotopic (exact) mass is 525 g/mol. The van der Waals surface area contributed by atoms with Crippen LogP contribution in [0.2, 0.25) is 15.1 Å². The lowest BCUT2D eigenvalue weighted by Crippen LogP contribution is -2.18. The van der Waals surface area contributed by atoms with Gasteiger partial charge < -0.3 is 15.4 Å². The highest BCUT2D eigenvalue weighted by molar-refractivity contribution is 6.40. The Bertz CT molecular complexity index is 1250. The van der Waals surface area contributed by atoms with Gasteiger partial charge in [-0.3, -0.25) is 9.78 Å². The van der Waals surface area contributed by atoms with Crippen LogP contribution in [0.25, 0.3) is 0 Å². The molecule has 0 spiro atoms. The van der Waals surface area contributed by atoms with Gasteiger partial charge in [0.05, 0.1) is 44.9 Å². The van der Waals surface area contributed by atoms with Crippen LogP contribution in [-0.4, -0.2) is 23.3 Å². The molecule has 0 radical (unpaired) electrons. The number of anilines is 3. The molecule has 0 saturated heterocycles. The number of pyridine rings is 1. The zero-order chi connectivity index (χ0) is 24.8. The van der Waals surface area contributed by atoms with Crippen LogP contribution < -0.4 is 10.6 Å². The third-order valence-electron chi connectivity index (χ3n) is 4.35. The van der Waals surface area contributed by atoms with Crippen molar-refractivity contribution in [2.75, 3.05) is 17.2 Å². The third-order valence-corrected chi connectivity index (χ3v) is 5.28. The van der Waals surface area contributed by atoms with E-state index < -0.39 is 23.4 Å². The first kappa shape index (κ1) is 25.4. The maximum Gasteiger partial charge on any atom is 0.343 e. The molecule has 3 rings (SSSR count). The van der Waals surface area contributed by atoms with E-state index in [0.29, 0.717) is 11.8 Å². The van der Waals surface area contributed by atoms with Gasteiger partial charge in [-0.1, -0.05) is 34.8 Å². The van der Waals surface area contributed by atoms with E-state index in [1.807, 2.05) is 0 Å². The van der Waals surface area contributed by atoms with Crippen molar-refractivity contribution >= 4 is 63.6 Å². The largest absolute Gasteiger partial charge is 0.462 e. The smallest absolute Gasteiger partial charge is 0.343 e. The molecule has 1 aromatic heterocycles. The van der Waals surface area contributed by atoms with E-state index in [0.717, 1.165) is 6.07 Å². The molecule has 0 aliphatic carbocycles. The molecule has 0 unspecified atom stereocenters. The molecule has 3 aromatic rings. The Morgan fingerprint density at radius 2 is 1.85 bits per heavy atom. The summed E-state index contributed by atoms with van der Waals surface area (Å²) in [7, 11) is 0. The Morgan fingerprint density at radius 1 is 1.09 bits per heavy atom. The SMILES string of the molecule is CCOC(=O)C(=CNc1cccnc1)C(=O)c1cc(Nc2c(F)cc(F)cc2Cl)c(Cl)cc1Cl. The standard InChI is InChI=1S/C23H16Cl3F2N3O3/c1-2-34-23(33)15(11-30-13-4-3-5-29-10-13)22(32)14-8-20(17(25)9-16(14)24)31-21-18(26)6-12(27)7-19(21)28/h3-11,30-31H,2H2,1H3. The number of carbonyl (C=O) groups excluding carboxylic acids is 2. The summed E-state index contributed by atoms with van der Waals surface area (Å²) in [5.41, 5.74) is -0.176. The molecule has 6 nitrogen and oxygen atoms in total. The fourth-order valence-corrected chi connectivity index (χ4v) is 3.55. The molecule has 0 saturated carbocycles. The topological polar surface area (TPSA) is 80.3 Å². The van der Waals surface area contributed by atoms with Crippen LogP contribution in [0.4, 0.5) is 25.8 Å². The van der Waals surface area contributed by atoms with Gasteiger partial charge in [0.15, 0.2) is 5.82 Å². The average Bonchev–Trinajstić information content (AvgIpc) is 2.78. The van der Waals surface area contributed by atoms with E-state index in [1.165, 1.54) is 24.5 Å². The number of halogens is 5. The first-order valence-corrected chi connectivity index (χ1v) is 10.8. The number of carbonyl (C=O) groups is 2. The first-order chi connectivity index (χ1) is 16.2. The molecule has 0 aliphatic heterocycles. The normalized spacial score (nSPS) is 11.2. The van der Waals surface area contributed by atoms with E-state index in [-0.39, 0.29) is 44.2 Å². The minimum absolute atomic E-state index is 0.0245. The number of hydrogen-bond acceptors (Lipinski definition) is 6. The molecular formula is C23H16Cl3F2N3O3. The van der Waals surface area contributed by atoms with Gasteiger partial charge in [0.25, 0.3) is 0 Å². The van der Waals surface area contributed by atoms with Gasteiger partial charge in [-0.15, -0.1) is 0 Å². The first-order valence-electron chi connectivity index (χ1n) is 9.70. The van der Waals surface area contributed by atoms with Crippen molar-refractivity contribution in [1.82, 2.24) is 4.98 Å². The number of esters is 1. The molecule has 11 heteroatoms. The Kier molecular flexibility index (Phi) is 8.44. The van der Waals surface area contributed by atoms with Crippen LogP contribution in [-0.2, 0) is 9.53 Å². The fraction of sp³-hybridized carbons (Fsp3) is 0.0870. The highest BCUT2D eigenvalue weighted by Gasteiger charge is 2.25. The van der Waals surface area contributed by atoms with E-state index in [4.69, 9.17) is 39.5 Å². The Labute approximate surface area is 208 Å². The quantitative estimate of drug-likeness (QED) is 0.110. The predicted octanol–water partition coefficient (Wildman–Crippen LogP) is 6.81. The van der Waals surface area contributed by atoms with Crippen LogP contribution in [0.3, 0.4) is 0 Å². The molecule has 1 heterocycles. The second kappa shape index (κ2) is 11.3. The van der Waals surface area contributed by atoms with Gasteiger partial charge in [-0.2, -0.15) is 0 Å². The highest BCUT2D eigenvalue weighted by Crippen LogP contribution is 2.36. The van der Waals surface area contributed by atoms with Gasteiger partial charge in [0, 0.05) is 24.0 Å². The minimum atomic E-state index is -0.975. The molecule has 176 valence electrons. The zero-order valence-corrected chi connectivity index (χ0v) is 19.7. The van der Waals surface area contributed by atoms with Gasteiger partial charge >= 0.3 is 5.97 Å². The summed E-state index contributed by atoms with van der Waals surface area (Å²) >= 11 is 18.4. The average molecular weight is 527 g/mol. The lowest BCUT2D eigenvalue weighted by Gasteiger charge is -2.14. The van der Waals surface area contributed by atoms with Crippen LogP contribution in [0.1, 0.15) is 17.3 Å². The van der Waals surface area contributed by atoms with Crippen LogP contribution in [0, 0.1) is 11.6 Å². The Hall–Kier alpha value is -3.20. The number of nitrogens with one attached hydrogen (secondary N) is 2. The van der Waals surface area contributed by atoms with Crippen molar-refractivity contribution < 1.29 is 23.1 Å². The van der Waals surface area contributed by atoms with Gasteiger partial charge in [0.2, 0.25) is 5.78 Å². The van der Waals surface area contributed by atoms with Crippen molar-refractivity contribution in [3.8, 4) is 0 Å². The Morgan fingerprint density at radius 3 is 2.50 bits per heavy atom. The molecule has 0 atom stereocenters. The maximum absolute atomic E-state index is 14.2. The summed E-state index contributed by atoms with van der Waals surface area (Å²) in [6.07, 6.45) is 4.22. The van der Waals surface area contributed by atoms with E-state index in [1.54, 1.807) is 25.3 Å². The summed E-state index contributed by atoms with van der Waals surface area (Å²) < 4.78 is 32.6. The second-order valence-corrected chi connectivity index (χ2v) is 7.90. The number of ether oxygens (including phenoxy) is 1. The minimum Gasteiger partial charge on any atom is -0.462 e. The van der Waals surface area contributed by atoms with Crippen molar-refractivity contribution in [1.29, 1.82) is 0 Å². The highest BCUT2D eigenvalue weighted by atomic mass is 35.5. The fourth-order valence-electron chi connectivity index (χ4n) is 2.79. The van der Waals surface area contributed by atoms with Gasteiger partial charge in [-0.05, 0) is 37.3 Å². The third kappa shape index (κ3) is 6.02. The van der Waals surface area contributed by atoms with Crippen molar-refractivity contribution in [2.45, 2.75) is 6.92 Å². The van der Waals surface area contributed by atoms with Crippen molar-refractivity contribution in [3.05, 3.63) is 92.8 Å². The summed E-state index contributed by atoms with van der Waals surface area (Å²) in [6.45, 7) is 1.62. The number of hydrogen-bond donors (Lipinski definition) is 2. The molecule has 2 aromatic carbocycles. The number of rotatable bonds is 8. The molecule has 0 fully saturated rings. The molecule has 34 heavy (non-hydrogen) atoms. The molecular weight excluding hydrogens is 511 g/mol. The van der Waals surface area contributed by atoms with Crippen LogP contribution >= 0.6 is 34.8 Å². The second-order valence-electron chi connectivity index (χ2n) is 6.67. The lowest BCUT2D eigenvalue weighted by molar-refractivity contribution is -0.138. The molecule has 0 amide bonds. The lowest BCUT2D eigenvalue weighted by atomic mass is 10.0. The summed E-state index contributed by atoms with van der Waals surface area (Å²) in [5, 5.41) is 5.15. The summed E-state index contributed by atoms with van der Waals surface area (Å²) in [4.78, 5) is 29.7. The number of aromatic nitrogens is 1. The van der Waals surface area contributed by atoms with Crippen molar-refractivity contribution in [3.63, 3.8) is 0 Å². The van der Waals surface area contributed by atoms with E-state index >= 15 is 0 Å². The van der Waals surface area contributed by atoms with Gasteiger partial charge in [0.1, 0.15) is 11.4 Å². The number of nitrogens with zero attached hydrogens (tertiary/aromatic N) is 1. The van der Waals surface area contributed by atoms with Gasteiger partial charge in [-0.25, -0.2) is 13.6 Å². The summed E-state index contributed by atoms with van der Waals surface area (Å²) in [6, 6.07) is 7.35. The van der Waals surface area contributed by atoms with Crippen LogP contribution in [0.5, 0.6) is 0 Å². The molecule has 2 N–H and O–H groups in total. The van der Waals surface area contributed by atoms with E-state index in [9.17, 15) is 18.4 Å². The molecule has 0 aliphatic rings. The van der Waals surface area contributed by atoms with E-state index in [2.05, 4.69) is 15.6 Å². The van der Waals surface area contributed by atoms with Crippen LogP contribution in [0.15, 0.2) is 60.6 Å². The predicted molar refractivity (Wildman–Crippen MR) is 128 cm³/mol. The maximum atomic E-state index is 14.2.